The van der Waals surface area contributed by atoms with Gasteiger partial charge in [0.2, 0.25) is 0 Å². The van der Waals surface area contributed by atoms with Gasteiger partial charge in [-0.15, -0.1) is 0 Å². The third kappa shape index (κ3) is 8.19. The van der Waals surface area contributed by atoms with Gasteiger partial charge in [-0.2, -0.15) is 0 Å². The lowest BCUT2D eigenvalue weighted by atomic mass is 9.98. The number of nitrogens with one attached hydrogen (secondary N) is 1. The highest BCUT2D eigenvalue weighted by molar-refractivity contribution is 7.48. The van der Waals surface area contributed by atoms with Crippen molar-refractivity contribution in [3.63, 3.8) is 0 Å². The van der Waals surface area contributed by atoms with Crippen LogP contribution in [0, 0.1) is 0 Å². The minimum Gasteiger partial charge on any atom is -0.480 e. The van der Waals surface area contributed by atoms with E-state index in [1.54, 1.807) is 24.3 Å². The van der Waals surface area contributed by atoms with Gasteiger partial charge >= 0.3 is 19.9 Å². The van der Waals surface area contributed by atoms with Crippen LogP contribution in [0.25, 0.3) is 11.1 Å². The molecule has 6 rings (SSSR count). The molecule has 0 spiro atoms. The second-order valence-corrected chi connectivity index (χ2v) is 12.9. The Balaban J connectivity index is 1.07. The topological polar surface area (TPSA) is 120 Å². The number of fused-ring (bicyclic) bond motifs is 3. The number of carbonyl (C=O) groups excluding carboxylic acids is 1. The predicted octanol–water partition coefficient (Wildman–Crippen LogP) is 8.14. The standard InChI is InChI=1S/C38H34NO8P/c40-37(41)36(39-38(42)44-26-35-33-17-9-7-15-31(33)32-16-8-10-18-34(32)35)23-27-19-21-30(22-20-27)47-48(43,45-24-28-11-3-1-4-12-28)46-25-29-13-5-2-6-14-29/h1-22,35-36H,23-26H2,(H,39,42)(H,40,41). The zero-order valence-corrected chi connectivity index (χ0v) is 26.8. The molecule has 10 heteroatoms. The van der Waals surface area contributed by atoms with Crippen LogP contribution in [0.5, 0.6) is 5.75 Å². The highest BCUT2D eigenvalue weighted by Gasteiger charge is 2.31. The van der Waals surface area contributed by atoms with Gasteiger partial charge in [0.05, 0.1) is 13.2 Å². The lowest BCUT2D eigenvalue weighted by Crippen LogP contribution is -2.42. The van der Waals surface area contributed by atoms with Gasteiger partial charge in [-0.25, -0.2) is 14.2 Å². The smallest absolute Gasteiger partial charge is 0.480 e. The second kappa shape index (κ2) is 15.1. The Labute approximate surface area is 278 Å². The average molecular weight is 664 g/mol. The molecule has 1 amide bonds. The van der Waals surface area contributed by atoms with Crippen LogP contribution in [0.3, 0.4) is 0 Å². The number of hydrogen-bond donors (Lipinski definition) is 2. The van der Waals surface area contributed by atoms with Crippen LogP contribution in [0.15, 0.2) is 133 Å². The van der Waals surface area contributed by atoms with E-state index in [-0.39, 0.29) is 37.9 Å². The maximum Gasteiger partial charge on any atom is 0.530 e. The molecule has 48 heavy (non-hydrogen) atoms. The van der Waals surface area contributed by atoms with Crippen LogP contribution in [0.4, 0.5) is 4.79 Å². The highest BCUT2D eigenvalue weighted by atomic mass is 31.2. The van der Waals surface area contributed by atoms with Crippen molar-refractivity contribution in [2.24, 2.45) is 0 Å². The third-order valence-electron chi connectivity index (χ3n) is 7.98. The maximum absolute atomic E-state index is 13.7. The van der Waals surface area contributed by atoms with Crippen LogP contribution in [0.1, 0.15) is 33.7 Å². The third-order valence-corrected chi connectivity index (χ3v) is 9.30. The first-order chi connectivity index (χ1) is 23.4. The zero-order valence-electron chi connectivity index (χ0n) is 25.9. The Morgan fingerprint density at radius 3 is 1.69 bits per heavy atom. The fraction of sp³-hybridized carbons (Fsp3) is 0.158. The van der Waals surface area contributed by atoms with Gasteiger partial charge in [-0.05, 0) is 51.1 Å². The summed E-state index contributed by atoms with van der Waals surface area (Å²) in [5.41, 5.74) is 6.50. The van der Waals surface area contributed by atoms with Crippen molar-refractivity contribution in [3.05, 3.63) is 161 Å². The molecule has 0 radical (unpaired) electrons. The number of ether oxygens (including phenoxy) is 1. The summed E-state index contributed by atoms with van der Waals surface area (Å²) in [7, 11) is -4.07. The summed E-state index contributed by atoms with van der Waals surface area (Å²) in [4.78, 5) is 24.9. The number of hydrogen-bond acceptors (Lipinski definition) is 7. The summed E-state index contributed by atoms with van der Waals surface area (Å²) < 4.78 is 36.4. The summed E-state index contributed by atoms with van der Waals surface area (Å²) in [5.74, 6) is -1.15. The van der Waals surface area contributed by atoms with Crippen molar-refractivity contribution in [1.82, 2.24) is 5.32 Å². The molecular formula is C38H34NO8P. The number of aliphatic carboxylic acids is 1. The second-order valence-electron chi connectivity index (χ2n) is 11.3. The molecule has 9 nitrogen and oxygen atoms in total. The Hall–Kier alpha value is -5.21. The first kappa shape index (κ1) is 32.7. The average Bonchev–Trinajstić information content (AvgIpc) is 3.44. The van der Waals surface area contributed by atoms with E-state index in [9.17, 15) is 19.3 Å². The van der Waals surface area contributed by atoms with E-state index in [0.29, 0.717) is 5.56 Å². The molecule has 0 heterocycles. The summed E-state index contributed by atoms with van der Waals surface area (Å²) in [5, 5.41) is 12.3. The minimum absolute atomic E-state index is 0.00677. The lowest BCUT2D eigenvalue weighted by molar-refractivity contribution is -0.139. The van der Waals surface area contributed by atoms with Gasteiger partial charge < -0.3 is 19.7 Å². The SMILES string of the molecule is O=C(NC(Cc1ccc(OP(=O)(OCc2ccccc2)OCc2ccccc2)cc1)C(=O)O)OCC1c2ccccc2-c2ccccc21. The number of rotatable bonds is 14. The van der Waals surface area contributed by atoms with Crippen molar-refractivity contribution in [3.8, 4) is 16.9 Å². The molecule has 0 aliphatic heterocycles. The van der Waals surface area contributed by atoms with Crippen molar-refractivity contribution in [2.75, 3.05) is 6.61 Å². The molecule has 1 atom stereocenters. The summed E-state index contributed by atoms with van der Waals surface area (Å²) in [6, 6.07) is 39.5. The summed E-state index contributed by atoms with van der Waals surface area (Å²) >= 11 is 0. The van der Waals surface area contributed by atoms with E-state index in [1.807, 2.05) is 109 Å². The predicted molar refractivity (Wildman–Crippen MR) is 180 cm³/mol. The van der Waals surface area contributed by atoms with Crippen LogP contribution in [-0.4, -0.2) is 29.8 Å². The number of phosphoric ester groups is 1. The number of carbonyl (C=O) groups is 2. The molecule has 0 fully saturated rings. The molecule has 1 aliphatic carbocycles. The summed E-state index contributed by atoms with van der Waals surface area (Å²) in [6.45, 7) is 0.0800. The molecule has 2 N–H and O–H groups in total. The molecule has 1 unspecified atom stereocenters. The van der Waals surface area contributed by atoms with E-state index in [1.165, 1.54) is 0 Å². The fourth-order valence-corrected chi connectivity index (χ4v) is 6.75. The van der Waals surface area contributed by atoms with E-state index >= 15 is 0 Å². The molecular weight excluding hydrogens is 629 g/mol. The minimum atomic E-state index is -4.07. The number of carboxylic acids is 1. The van der Waals surface area contributed by atoms with Gasteiger partial charge in [0.15, 0.2) is 0 Å². The normalized spacial score (nSPS) is 12.8. The highest BCUT2D eigenvalue weighted by Crippen LogP contribution is 2.51. The first-order valence-electron chi connectivity index (χ1n) is 15.5. The van der Waals surface area contributed by atoms with Gasteiger partial charge in [0, 0.05) is 12.3 Å². The van der Waals surface area contributed by atoms with Crippen LogP contribution in [0.2, 0.25) is 0 Å². The largest absolute Gasteiger partial charge is 0.530 e. The Morgan fingerprint density at radius 2 is 1.17 bits per heavy atom. The number of amides is 1. The Bertz CT molecular complexity index is 1810. The van der Waals surface area contributed by atoms with Crippen molar-refractivity contribution in [2.45, 2.75) is 31.6 Å². The van der Waals surface area contributed by atoms with E-state index < -0.39 is 25.9 Å². The molecule has 0 bridgehead atoms. The summed E-state index contributed by atoms with van der Waals surface area (Å²) in [6.07, 6.45) is -0.844. The Morgan fingerprint density at radius 1 is 0.667 bits per heavy atom. The van der Waals surface area contributed by atoms with E-state index in [0.717, 1.165) is 33.4 Å². The van der Waals surface area contributed by atoms with Gasteiger partial charge in [-0.3, -0.25) is 9.05 Å². The lowest BCUT2D eigenvalue weighted by Gasteiger charge is -2.19. The Kier molecular flexibility index (Phi) is 10.3. The van der Waals surface area contributed by atoms with Crippen LogP contribution < -0.4 is 9.84 Å². The molecule has 5 aromatic carbocycles. The number of benzene rings is 5. The van der Waals surface area contributed by atoms with Crippen molar-refractivity contribution < 1.29 is 37.6 Å². The van der Waals surface area contributed by atoms with E-state index in [2.05, 4.69) is 5.32 Å². The molecule has 0 saturated heterocycles. The maximum atomic E-state index is 13.7. The molecule has 5 aromatic rings. The van der Waals surface area contributed by atoms with Gasteiger partial charge in [0.25, 0.3) is 0 Å². The van der Waals surface area contributed by atoms with Crippen molar-refractivity contribution in [1.29, 1.82) is 0 Å². The van der Waals surface area contributed by atoms with E-state index in [4.69, 9.17) is 18.3 Å². The molecule has 0 saturated carbocycles. The fourth-order valence-electron chi connectivity index (χ4n) is 5.58. The first-order valence-corrected chi connectivity index (χ1v) is 16.9. The molecule has 1 aliphatic rings. The number of phosphoric acid groups is 1. The molecule has 0 aromatic heterocycles. The zero-order chi connectivity index (χ0) is 33.3. The quantitative estimate of drug-likeness (QED) is 0.114. The number of carboxylic acid groups (broad SMARTS) is 1. The van der Waals surface area contributed by atoms with Gasteiger partial charge in [-0.1, -0.05) is 121 Å². The monoisotopic (exact) mass is 663 g/mol. The van der Waals surface area contributed by atoms with Crippen molar-refractivity contribution >= 4 is 19.9 Å². The van der Waals surface area contributed by atoms with Gasteiger partial charge in [0.1, 0.15) is 18.4 Å². The number of alkyl carbamates (subject to hydrolysis) is 1. The van der Waals surface area contributed by atoms with Crippen LogP contribution >= 0.6 is 7.82 Å². The van der Waals surface area contributed by atoms with Crippen LogP contribution in [-0.2, 0) is 42.8 Å². The molecule has 244 valence electrons.